The van der Waals surface area contributed by atoms with E-state index in [4.69, 9.17) is 5.73 Å². The third-order valence-electron chi connectivity index (χ3n) is 3.91. The van der Waals surface area contributed by atoms with Gasteiger partial charge in [-0.25, -0.2) is 0 Å². The molecule has 2 rings (SSSR count). The van der Waals surface area contributed by atoms with E-state index in [0.29, 0.717) is 17.3 Å². The van der Waals surface area contributed by atoms with E-state index >= 15 is 0 Å². The van der Waals surface area contributed by atoms with Crippen molar-refractivity contribution >= 4 is 27.5 Å². The van der Waals surface area contributed by atoms with Gasteiger partial charge in [-0.2, -0.15) is 0 Å². The summed E-state index contributed by atoms with van der Waals surface area (Å²) in [5.74, 6) is 0.0612. The number of nitrogens with two attached hydrogens (primary N) is 1. The van der Waals surface area contributed by atoms with Crippen LogP contribution >= 0.6 is 15.9 Å². The molecule has 0 bridgehead atoms. The summed E-state index contributed by atoms with van der Waals surface area (Å²) in [7, 11) is 1.91. The maximum absolute atomic E-state index is 12.6. The van der Waals surface area contributed by atoms with Gasteiger partial charge < -0.3 is 10.6 Å². The molecule has 4 heteroatoms. The first kappa shape index (κ1) is 14.4. The van der Waals surface area contributed by atoms with Crippen molar-refractivity contribution in [2.75, 3.05) is 12.8 Å². The van der Waals surface area contributed by atoms with Crippen LogP contribution in [0.2, 0.25) is 0 Å². The molecule has 2 N–H and O–H groups in total. The van der Waals surface area contributed by atoms with Gasteiger partial charge in [0.05, 0.1) is 5.56 Å². The van der Waals surface area contributed by atoms with Crippen molar-refractivity contribution in [3.63, 3.8) is 0 Å². The Morgan fingerprint density at radius 1 is 1.26 bits per heavy atom. The maximum atomic E-state index is 12.6. The van der Waals surface area contributed by atoms with Gasteiger partial charge in [0, 0.05) is 23.2 Å². The van der Waals surface area contributed by atoms with Crippen molar-refractivity contribution in [3.8, 4) is 0 Å². The van der Waals surface area contributed by atoms with Crippen LogP contribution in [0.15, 0.2) is 22.7 Å². The molecule has 0 radical (unpaired) electrons. The second-order valence-corrected chi connectivity index (χ2v) is 6.16. The van der Waals surface area contributed by atoms with E-state index in [0.717, 1.165) is 17.3 Å². The second-order valence-electron chi connectivity index (χ2n) is 5.30. The highest BCUT2D eigenvalue weighted by molar-refractivity contribution is 9.10. The summed E-state index contributed by atoms with van der Waals surface area (Å²) in [6.07, 6.45) is 7.26. The number of nitrogens with zero attached hydrogens (tertiary/aromatic N) is 1. The number of carbonyl (C=O) groups excluding carboxylic acids is 1. The Kier molecular flexibility index (Phi) is 4.86. The van der Waals surface area contributed by atoms with Crippen molar-refractivity contribution in [1.82, 2.24) is 4.90 Å². The number of anilines is 1. The van der Waals surface area contributed by atoms with Crippen LogP contribution in [0.5, 0.6) is 0 Å². The lowest BCUT2D eigenvalue weighted by molar-refractivity contribution is 0.0717. The van der Waals surface area contributed by atoms with Crippen LogP contribution in [0.3, 0.4) is 0 Å². The molecule has 1 aliphatic carbocycles. The molecule has 0 heterocycles. The number of hydrogen-bond donors (Lipinski definition) is 1. The molecule has 0 atom stereocenters. The number of carbonyl (C=O) groups is 1. The van der Waals surface area contributed by atoms with Crippen LogP contribution in [0.25, 0.3) is 0 Å². The Morgan fingerprint density at radius 3 is 2.53 bits per heavy atom. The minimum Gasteiger partial charge on any atom is -0.399 e. The first-order valence-electron chi connectivity index (χ1n) is 6.92. The Labute approximate surface area is 123 Å². The molecule has 3 nitrogen and oxygen atoms in total. The number of benzene rings is 1. The first-order chi connectivity index (χ1) is 9.09. The summed E-state index contributed by atoms with van der Waals surface area (Å²) in [4.78, 5) is 14.5. The van der Waals surface area contributed by atoms with Gasteiger partial charge in [0.2, 0.25) is 0 Å². The fourth-order valence-electron chi connectivity index (χ4n) is 2.71. The van der Waals surface area contributed by atoms with Crippen LogP contribution in [0.1, 0.15) is 48.9 Å². The summed E-state index contributed by atoms with van der Waals surface area (Å²) in [6, 6.07) is 5.75. The highest BCUT2D eigenvalue weighted by atomic mass is 79.9. The Hall–Kier alpha value is -1.03. The molecule has 19 heavy (non-hydrogen) atoms. The Morgan fingerprint density at radius 2 is 1.89 bits per heavy atom. The lowest BCUT2D eigenvalue weighted by atomic mass is 10.1. The third-order valence-corrected chi connectivity index (χ3v) is 4.61. The first-order valence-corrected chi connectivity index (χ1v) is 7.71. The summed E-state index contributed by atoms with van der Waals surface area (Å²) in [6.45, 7) is 0. The number of hydrogen-bond acceptors (Lipinski definition) is 2. The van der Waals surface area contributed by atoms with Crippen LogP contribution in [0, 0.1) is 0 Å². The third kappa shape index (κ3) is 3.50. The summed E-state index contributed by atoms with van der Waals surface area (Å²) >= 11 is 3.44. The van der Waals surface area contributed by atoms with Crippen LogP contribution in [-0.4, -0.2) is 23.9 Å². The number of nitrogen functional groups attached to an aromatic ring is 1. The summed E-state index contributed by atoms with van der Waals surface area (Å²) in [5.41, 5.74) is 7.06. The van der Waals surface area contributed by atoms with Crippen molar-refractivity contribution in [3.05, 3.63) is 28.2 Å². The van der Waals surface area contributed by atoms with Crippen molar-refractivity contribution in [1.29, 1.82) is 0 Å². The van der Waals surface area contributed by atoms with Gasteiger partial charge in [0.25, 0.3) is 5.91 Å². The normalized spacial score (nSPS) is 16.9. The van der Waals surface area contributed by atoms with Gasteiger partial charge in [0.15, 0.2) is 0 Å². The highest BCUT2D eigenvalue weighted by Gasteiger charge is 2.23. The van der Waals surface area contributed by atoms with E-state index in [1.807, 2.05) is 18.0 Å². The van der Waals surface area contributed by atoms with Crippen LogP contribution < -0.4 is 5.73 Å². The molecule has 1 aromatic carbocycles. The van der Waals surface area contributed by atoms with E-state index in [1.165, 1.54) is 25.7 Å². The van der Waals surface area contributed by atoms with Crippen molar-refractivity contribution < 1.29 is 4.79 Å². The van der Waals surface area contributed by atoms with Gasteiger partial charge in [0.1, 0.15) is 0 Å². The standard InChI is InChI=1S/C15H21BrN2O/c1-18(12-6-4-2-3-5-7-12)15(19)13-10-11(17)8-9-14(13)16/h8-10,12H,2-7,17H2,1H3. The van der Waals surface area contributed by atoms with Crippen molar-refractivity contribution in [2.24, 2.45) is 0 Å². The molecule has 1 aromatic rings. The van der Waals surface area contributed by atoms with Gasteiger partial charge in [-0.05, 0) is 47.0 Å². The van der Waals surface area contributed by atoms with E-state index in [1.54, 1.807) is 12.1 Å². The fraction of sp³-hybridized carbons (Fsp3) is 0.533. The zero-order valence-corrected chi connectivity index (χ0v) is 12.9. The van der Waals surface area contributed by atoms with E-state index in [2.05, 4.69) is 15.9 Å². The minimum absolute atomic E-state index is 0.0612. The lowest BCUT2D eigenvalue weighted by Crippen LogP contribution is -2.36. The van der Waals surface area contributed by atoms with Gasteiger partial charge in [-0.15, -0.1) is 0 Å². The molecule has 0 spiro atoms. The molecule has 0 aromatic heterocycles. The van der Waals surface area contributed by atoms with Gasteiger partial charge in [-0.1, -0.05) is 25.7 Å². The molecular weight excluding hydrogens is 304 g/mol. The van der Waals surface area contributed by atoms with E-state index < -0.39 is 0 Å². The van der Waals surface area contributed by atoms with Gasteiger partial charge >= 0.3 is 0 Å². The average Bonchev–Trinajstić information content (AvgIpc) is 2.69. The smallest absolute Gasteiger partial charge is 0.255 e. The van der Waals surface area contributed by atoms with E-state index in [-0.39, 0.29) is 5.91 Å². The molecule has 1 saturated carbocycles. The average molecular weight is 325 g/mol. The molecule has 1 amide bonds. The zero-order chi connectivity index (χ0) is 13.8. The largest absolute Gasteiger partial charge is 0.399 e. The van der Waals surface area contributed by atoms with Crippen LogP contribution in [-0.2, 0) is 0 Å². The quantitative estimate of drug-likeness (QED) is 0.663. The molecular formula is C15H21BrN2O. The fourth-order valence-corrected chi connectivity index (χ4v) is 3.12. The second kappa shape index (κ2) is 6.42. The zero-order valence-electron chi connectivity index (χ0n) is 11.4. The molecule has 104 valence electrons. The molecule has 0 aliphatic heterocycles. The molecule has 1 aliphatic rings. The number of rotatable bonds is 2. The monoisotopic (exact) mass is 324 g/mol. The van der Waals surface area contributed by atoms with Crippen LogP contribution in [0.4, 0.5) is 5.69 Å². The topological polar surface area (TPSA) is 46.3 Å². The van der Waals surface area contributed by atoms with E-state index in [9.17, 15) is 4.79 Å². The maximum Gasteiger partial charge on any atom is 0.255 e. The predicted octanol–water partition coefficient (Wildman–Crippen LogP) is 3.83. The predicted molar refractivity (Wildman–Crippen MR) is 82.1 cm³/mol. The highest BCUT2D eigenvalue weighted by Crippen LogP contribution is 2.25. The Bertz CT molecular complexity index is 453. The Balaban J connectivity index is 2.15. The number of halogens is 1. The summed E-state index contributed by atoms with van der Waals surface area (Å²) in [5, 5.41) is 0. The minimum atomic E-state index is 0.0612. The van der Waals surface area contributed by atoms with Crippen molar-refractivity contribution in [2.45, 2.75) is 44.6 Å². The summed E-state index contributed by atoms with van der Waals surface area (Å²) < 4.78 is 0.812. The molecule has 0 unspecified atom stereocenters. The molecule has 0 saturated heterocycles. The lowest BCUT2D eigenvalue weighted by Gasteiger charge is -2.27. The number of amides is 1. The van der Waals surface area contributed by atoms with Gasteiger partial charge in [-0.3, -0.25) is 4.79 Å². The SMILES string of the molecule is CN(C(=O)c1cc(N)ccc1Br)C1CCCCCC1. The molecule has 1 fully saturated rings.